The molecule has 1 saturated heterocycles. The van der Waals surface area contributed by atoms with E-state index in [9.17, 15) is 9.59 Å². The number of benzene rings is 2. The highest BCUT2D eigenvalue weighted by molar-refractivity contribution is 5.90. The van der Waals surface area contributed by atoms with E-state index in [2.05, 4.69) is 5.32 Å². The van der Waals surface area contributed by atoms with Crippen molar-refractivity contribution in [3.05, 3.63) is 48.5 Å². The first kappa shape index (κ1) is 17.8. The van der Waals surface area contributed by atoms with Crippen molar-refractivity contribution in [2.45, 2.75) is 12.8 Å². The van der Waals surface area contributed by atoms with E-state index in [1.54, 1.807) is 12.0 Å². The number of urea groups is 1. The largest absolute Gasteiger partial charge is 0.497 e. The number of nitrogens with two attached hydrogens (primary N) is 1. The quantitative estimate of drug-likeness (QED) is 0.886. The van der Waals surface area contributed by atoms with Gasteiger partial charge < -0.3 is 20.7 Å². The first-order valence-corrected chi connectivity index (χ1v) is 8.66. The molecule has 3 N–H and O–H groups in total. The zero-order valence-corrected chi connectivity index (χ0v) is 14.8. The molecule has 6 nitrogen and oxygen atoms in total. The molecular formula is C20H23N3O3. The molecule has 1 aliphatic heterocycles. The first-order valence-electron chi connectivity index (χ1n) is 8.66. The van der Waals surface area contributed by atoms with E-state index in [0.29, 0.717) is 18.8 Å². The minimum atomic E-state index is -0.342. The van der Waals surface area contributed by atoms with Gasteiger partial charge in [-0.05, 0) is 48.2 Å². The fourth-order valence-electron chi connectivity index (χ4n) is 3.15. The van der Waals surface area contributed by atoms with Crippen LogP contribution in [0.4, 0.5) is 10.5 Å². The van der Waals surface area contributed by atoms with Gasteiger partial charge in [0.25, 0.3) is 0 Å². The molecule has 26 heavy (non-hydrogen) atoms. The van der Waals surface area contributed by atoms with Crippen LogP contribution in [0.15, 0.2) is 48.5 Å². The molecule has 2 aromatic carbocycles. The first-order chi connectivity index (χ1) is 12.6. The SMILES string of the molecule is COc1cccc(-c2ccc(NC(=O)N3CCC[C@@H](C(N)=O)C3)cc2)c1. The molecule has 1 heterocycles. The van der Waals surface area contributed by atoms with Crippen LogP contribution in [0.2, 0.25) is 0 Å². The molecule has 3 rings (SSSR count). The Bertz CT molecular complexity index is 789. The number of amides is 3. The topological polar surface area (TPSA) is 84.7 Å². The van der Waals surface area contributed by atoms with Crippen LogP contribution in [-0.2, 0) is 4.79 Å². The van der Waals surface area contributed by atoms with Gasteiger partial charge in [-0.3, -0.25) is 4.79 Å². The summed E-state index contributed by atoms with van der Waals surface area (Å²) in [6, 6.07) is 15.2. The molecule has 0 spiro atoms. The number of nitrogens with one attached hydrogen (secondary N) is 1. The number of methoxy groups -OCH3 is 1. The Morgan fingerprint density at radius 2 is 1.92 bits per heavy atom. The van der Waals surface area contributed by atoms with Crippen LogP contribution in [0.1, 0.15) is 12.8 Å². The summed E-state index contributed by atoms with van der Waals surface area (Å²) < 4.78 is 5.25. The third-order valence-corrected chi connectivity index (χ3v) is 4.65. The number of ether oxygens (including phenoxy) is 1. The third-order valence-electron chi connectivity index (χ3n) is 4.65. The predicted molar refractivity (Wildman–Crippen MR) is 101 cm³/mol. The zero-order valence-electron chi connectivity index (χ0n) is 14.8. The number of carbonyl (C=O) groups is 2. The molecule has 1 fully saturated rings. The predicted octanol–water partition coefficient (Wildman–Crippen LogP) is 3.09. The van der Waals surface area contributed by atoms with Crippen molar-refractivity contribution in [2.24, 2.45) is 11.7 Å². The molecule has 136 valence electrons. The van der Waals surface area contributed by atoms with Gasteiger partial charge in [0, 0.05) is 18.8 Å². The van der Waals surface area contributed by atoms with E-state index in [1.807, 2.05) is 48.5 Å². The molecule has 0 bridgehead atoms. The lowest BCUT2D eigenvalue weighted by atomic mass is 9.98. The normalized spacial score (nSPS) is 16.8. The molecule has 1 atom stereocenters. The second kappa shape index (κ2) is 7.91. The van der Waals surface area contributed by atoms with Gasteiger partial charge in [-0.15, -0.1) is 0 Å². The number of hydrogen-bond acceptors (Lipinski definition) is 3. The van der Waals surface area contributed by atoms with Crippen molar-refractivity contribution < 1.29 is 14.3 Å². The van der Waals surface area contributed by atoms with Crippen LogP contribution >= 0.6 is 0 Å². The van der Waals surface area contributed by atoms with E-state index in [1.165, 1.54) is 0 Å². The Kier molecular flexibility index (Phi) is 5.41. The van der Waals surface area contributed by atoms with E-state index in [4.69, 9.17) is 10.5 Å². The number of rotatable bonds is 4. The highest BCUT2D eigenvalue weighted by Crippen LogP contribution is 2.25. The lowest BCUT2D eigenvalue weighted by molar-refractivity contribution is -0.123. The molecule has 0 aromatic heterocycles. The van der Waals surface area contributed by atoms with Crippen LogP contribution in [0.3, 0.4) is 0 Å². The summed E-state index contributed by atoms with van der Waals surface area (Å²) >= 11 is 0. The van der Waals surface area contributed by atoms with Crippen molar-refractivity contribution in [2.75, 3.05) is 25.5 Å². The van der Waals surface area contributed by atoms with Gasteiger partial charge in [0.2, 0.25) is 5.91 Å². The zero-order chi connectivity index (χ0) is 18.5. The summed E-state index contributed by atoms with van der Waals surface area (Å²) in [7, 11) is 1.64. The average molecular weight is 353 g/mol. The molecule has 0 aliphatic carbocycles. The van der Waals surface area contributed by atoms with Crippen LogP contribution < -0.4 is 15.8 Å². The number of piperidine rings is 1. The average Bonchev–Trinajstić information content (AvgIpc) is 2.68. The summed E-state index contributed by atoms with van der Waals surface area (Å²) in [6.07, 6.45) is 1.53. The molecular weight excluding hydrogens is 330 g/mol. The monoisotopic (exact) mass is 353 g/mol. The molecule has 0 unspecified atom stereocenters. The lowest BCUT2D eigenvalue weighted by Crippen LogP contribution is -2.45. The van der Waals surface area contributed by atoms with Crippen LogP contribution in [-0.4, -0.2) is 37.0 Å². The number of likely N-dealkylation sites (tertiary alicyclic amines) is 1. The summed E-state index contributed by atoms with van der Waals surface area (Å²) in [5, 5.41) is 2.88. The van der Waals surface area contributed by atoms with Crippen LogP contribution in [0.5, 0.6) is 5.75 Å². The van der Waals surface area contributed by atoms with Gasteiger partial charge in [-0.25, -0.2) is 4.79 Å². The Morgan fingerprint density at radius 3 is 2.62 bits per heavy atom. The van der Waals surface area contributed by atoms with Crippen LogP contribution in [0, 0.1) is 5.92 Å². The summed E-state index contributed by atoms with van der Waals surface area (Å²) in [6.45, 7) is 1.01. The second-order valence-corrected chi connectivity index (χ2v) is 6.43. The highest BCUT2D eigenvalue weighted by Gasteiger charge is 2.26. The smallest absolute Gasteiger partial charge is 0.321 e. The molecule has 2 aromatic rings. The van der Waals surface area contributed by atoms with Crippen LogP contribution in [0.25, 0.3) is 11.1 Å². The molecule has 3 amide bonds. The summed E-state index contributed by atoms with van der Waals surface area (Å²) in [5.74, 6) is 0.198. The van der Waals surface area contributed by atoms with E-state index in [-0.39, 0.29) is 17.9 Å². The minimum Gasteiger partial charge on any atom is -0.497 e. The Hall–Kier alpha value is -3.02. The summed E-state index contributed by atoms with van der Waals surface area (Å²) in [5.41, 5.74) is 8.16. The lowest BCUT2D eigenvalue weighted by Gasteiger charge is -2.31. The molecule has 0 saturated carbocycles. The van der Waals surface area contributed by atoms with Gasteiger partial charge >= 0.3 is 6.03 Å². The fraction of sp³-hybridized carbons (Fsp3) is 0.300. The maximum atomic E-state index is 12.4. The maximum Gasteiger partial charge on any atom is 0.321 e. The Labute approximate surface area is 152 Å². The van der Waals surface area contributed by atoms with Crippen molar-refractivity contribution in [1.82, 2.24) is 4.90 Å². The highest BCUT2D eigenvalue weighted by atomic mass is 16.5. The standard InChI is InChI=1S/C20H23N3O3/c1-26-18-6-2-4-15(12-18)14-7-9-17(10-8-14)22-20(25)23-11-3-5-16(13-23)19(21)24/h2,4,6-10,12,16H,3,5,11,13H2,1H3,(H2,21,24)(H,22,25)/t16-/m1/s1. The summed E-state index contributed by atoms with van der Waals surface area (Å²) in [4.78, 5) is 25.4. The molecule has 0 radical (unpaired) electrons. The van der Waals surface area contributed by atoms with Gasteiger partial charge in [0.05, 0.1) is 13.0 Å². The minimum absolute atomic E-state index is 0.204. The van der Waals surface area contributed by atoms with Gasteiger partial charge in [0.1, 0.15) is 5.75 Å². The van der Waals surface area contributed by atoms with Gasteiger partial charge in [-0.2, -0.15) is 0 Å². The maximum absolute atomic E-state index is 12.4. The second-order valence-electron chi connectivity index (χ2n) is 6.43. The van der Waals surface area contributed by atoms with E-state index < -0.39 is 0 Å². The fourth-order valence-corrected chi connectivity index (χ4v) is 3.15. The van der Waals surface area contributed by atoms with Gasteiger partial charge in [-0.1, -0.05) is 24.3 Å². The van der Waals surface area contributed by atoms with Crippen molar-refractivity contribution >= 4 is 17.6 Å². The third kappa shape index (κ3) is 4.14. The Balaban J connectivity index is 1.65. The molecule has 1 aliphatic rings. The van der Waals surface area contributed by atoms with E-state index >= 15 is 0 Å². The molecule has 6 heteroatoms. The van der Waals surface area contributed by atoms with Crippen molar-refractivity contribution in [1.29, 1.82) is 0 Å². The number of hydrogen-bond donors (Lipinski definition) is 2. The van der Waals surface area contributed by atoms with Crippen molar-refractivity contribution in [3.8, 4) is 16.9 Å². The Morgan fingerprint density at radius 1 is 1.15 bits per heavy atom. The van der Waals surface area contributed by atoms with Gasteiger partial charge in [0.15, 0.2) is 0 Å². The van der Waals surface area contributed by atoms with E-state index in [0.717, 1.165) is 29.7 Å². The number of primary amides is 1. The van der Waals surface area contributed by atoms with Crippen molar-refractivity contribution in [3.63, 3.8) is 0 Å². The number of carbonyl (C=O) groups excluding carboxylic acids is 2. The number of nitrogens with zero attached hydrogens (tertiary/aromatic N) is 1. The number of anilines is 1.